The topological polar surface area (TPSA) is 26.3 Å². The zero-order valence-electron chi connectivity index (χ0n) is 10.5. The highest BCUT2D eigenvalue weighted by Gasteiger charge is 2.12. The Hall–Kier alpha value is 0.887. The van der Waals surface area contributed by atoms with E-state index in [0.29, 0.717) is 7.66 Å². The van der Waals surface area contributed by atoms with Crippen LogP contribution in [-0.2, 0) is 9.53 Å². The van der Waals surface area contributed by atoms with Crippen molar-refractivity contribution >= 4 is 61.4 Å². The number of ether oxygens (including phenoxy) is 1. The fourth-order valence-electron chi connectivity index (χ4n) is 1.48. The van der Waals surface area contributed by atoms with E-state index in [4.69, 9.17) is 4.74 Å². The molecule has 0 radical (unpaired) electrons. The highest BCUT2D eigenvalue weighted by atomic mass is 127. The van der Waals surface area contributed by atoms with Gasteiger partial charge in [-0.15, -0.1) is 0 Å². The number of unbranched alkanes of at least 4 members (excludes halogenated alkanes) is 5. The van der Waals surface area contributed by atoms with Crippen molar-refractivity contribution in [1.29, 1.82) is 0 Å². The third-order valence-electron chi connectivity index (χ3n) is 2.42. The van der Waals surface area contributed by atoms with Gasteiger partial charge in [-0.3, -0.25) is 0 Å². The first-order chi connectivity index (χ1) is 7.95. The largest absolute Gasteiger partial charge is 0.463 e. The zero-order valence-corrected chi connectivity index (χ0v) is 16.8. The minimum absolute atomic E-state index is 0.308. The molecule has 17 heavy (non-hydrogen) atoms. The molecule has 5 heteroatoms. The van der Waals surface area contributed by atoms with E-state index in [1.807, 2.05) is 0 Å². The Bertz CT molecular complexity index is 227. The second-order valence-corrected chi connectivity index (χ2v) is 16.9. The Morgan fingerprint density at radius 3 is 2.24 bits per heavy atom. The van der Waals surface area contributed by atoms with Gasteiger partial charge in [-0.1, -0.05) is 83.9 Å². The van der Waals surface area contributed by atoms with Gasteiger partial charge in [0.2, 0.25) is 0 Å². The van der Waals surface area contributed by atoms with Crippen molar-refractivity contribution in [3.63, 3.8) is 0 Å². The molecule has 0 aromatic rings. The van der Waals surface area contributed by atoms with Gasteiger partial charge >= 0.3 is 5.97 Å². The van der Waals surface area contributed by atoms with E-state index in [1.54, 1.807) is 0 Å². The summed E-state index contributed by atoms with van der Waals surface area (Å²) in [4.78, 5) is 10.7. The molecule has 0 fully saturated rings. The Balaban J connectivity index is 3.14. The molecule has 0 aliphatic heterocycles. The molecule has 0 N–H and O–H groups in total. The normalized spacial score (nSPS) is 11.4. The van der Waals surface area contributed by atoms with Crippen LogP contribution in [-0.4, -0.2) is 23.9 Å². The third-order valence-corrected chi connectivity index (χ3v) is 4.00. The third kappa shape index (κ3) is 14.8. The molecule has 0 unspecified atom stereocenters. The molecule has 0 spiro atoms. The summed E-state index contributed by atoms with van der Waals surface area (Å²) in [7, 11) is 1.26. The van der Waals surface area contributed by atoms with Crippen molar-refractivity contribution in [2.45, 2.75) is 46.0 Å². The summed E-state index contributed by atoms with van der Waals surface area (Å²) in [5, 5.41) is 0. The van der Waals surface area contributed by atoms with Crippen LogP contribution < -0.4 is 0 Å². The van der Waals surface area contributed by atoms with Crippen LogP contribution in [0.2, 0.25) is 0 Å². The maximum atomic E-state index is 10.7. The average molecular weight is 480 g/mol. The first-order valence-electron chi connectivity index (χ1n) is 6.13. The van der Waals surface area contributed by atoms with Crippen molar-refractivity contribution < 1.29 is 9.53 Å². The Labute approximate surface area is 135 Å². The summed E-state index contributed by atoms with van der Waals surface area (Å²) < 4.78 is 5.46. The smallest absolute Gasteiger partial charge is 0.330 e. The highest BCUT2D eigenvalue weighted by molar-refractivity contribution is 14.2. The van der Waals surface area contributed by atoms with Crippen LogP contribution in [0.15, 0.2) is 12.7 Å². The van der Waals surface area contributed by atoms with Crippen molar-refractivity contribution in [3.05, 3.63) is 12.7 Å². The fraction of sp³-hybridized carbons (Fsp3) is 0.750. The van der Waals surface area contributed by atoms with E-state index >= 15 is 0 Å². The Morgan fingerprint density at radius 2 is 1.71 bits per heavy atom. The molecule has 100 valence electrons. The van der Waals surface area contributed by atoms with Gasteiger partial charge in [0.05, 0.1) is 7.66 Å². The van der Waals surface area contributed by atoms with Gasteiger partial charge in [-0.05, 0) is 12.8 Å². The summed E-state index contributed by atoms with van der Waals surface area (Å²) >= 11 is 5.12. The standard InChI is InChI=1S/C12H22I2O2Si/c1-2-11(15)16-10-8-6-4-3-5-7-9-12(13,14)17/h2H,1,3-10H2,17H3. The number of halogens is 2. The van der Waals surface area contributed by atoms with E-state index < -0.39 is 0 Å². The Kier molecular flexibility index (Phi) is 11.3. The molecular formula is C12H22I2O2Si. The minimum atomic E-state index is -0.308. The van der Waals surface area contributed by atoms with Gasteiger partial charge in [0.25, 0.3) is 0 Å². The number of alkyl halides is 2. The van der Waals surface area contributed by atoms with E-state index in [9.17, 15) is 4.79 Å². The second-order valence-electron chi connectivity index (χ2n) is 4.31. The maximum Gasteiger partial charge on any atom is 0.330 e. The van der Waals surface area contributed by atoms with Crippen molar-refractivity contribution in [2.24, 2.45) is 0 Å². The molecule has 0 aliphatic carbocycles. The molecule has 0 bridgehead atoms. The second kappa shape index (κ2) is 10.8. The molecule has 0 aromatic heterocycles. The van der Waals surface area contributed by atoms with Crippen LogP contribution >= 0.6 is 45.2 Å². The quantitative estimate of drug-likeness (QED) is 0.120. The van der Waals surface area contributed by atoms with E-state index in [-0.39, 0.29) is 5.97 Å². The predicted molar refractivity (Wildman–Crippen MR) is 94.2 cm³/mol. The monoisotopic (exact) mass is 480 g/mol. The summed E-state index contributed by atoms with van der Waals surface area (Å²) in [5.41, 5.74) is 0. The van der Waals surface area contributed by atoms with Gasteiger partial charge < -0.3 is 4.74 Å². The number of hydrogen-bond acceptors (Lipinski definition) is 2. The number of esters is 1. The van der Waals surface area contributed by atoms with Crippen molar-refractivity contribution in [1.82, 2.24) is 0 Å². The van der Waals surface area contributed by atoms with Crippen LogP contribution in [0.4, 0.5) is 0 Å². The number of carbonyl (C=O) groups is 1. The molecule has 0 saturated carbocycles. The number of rotatable bonds is 10. The molecule has 0 aromatic carbocycles. The zero-order chi connectivity index (χ0) is 13.1. The van der Waals surface area contributed by atoms with Gasteiger partial charge in [0.1, 0.15) is 0 Å². The average Bonchev–Trinajstić information content (AvgIpc) is 2.25. The van der Waals surface area contributed by atoms with Gasteiger partial charge in [-0.25, -0.2) is 4.79 Å². The molecule has 0 aliphatic rings. The molecule has 0 atom stereocenters. The summed E-state index contributed by atoms with van der Waals surface area (Å²) in [6, 6.07) is 0. The predicted octanol–water partition coefficient (Wildman–Crippen LogP) is 3.34. The number of carbonyl (C=O) groups excluding carboxylic acids is 1. The van der Waals surface area contributed by atoms with Crippen LogP contribution in [0.25, 0.3) is 0 Å². The SMILES string of the molecule is C=CC(=O)OCCCCCCCCC([SiH3])(I)I. The summed E-state index contributed by atoms with van der Waals surface area (Å²) in [6.45, 7) is 3.89. The maximum absolute atomic E-state index is 10.7. The van der Waals surface area contributed by atoms with E-state index in [0.717, 1.165) is 12.8 Å². The van der Waals surface area contributed by atoms with Crippen LogP contribution in [0, 0.1) is 0 Å². The van der Waals surface area contributed by atoms with E-state index in [1.165, 1.54) is 48.4 Å². The van der Waals surface area contributed by atoms with E-state index in [2.05, 4.69) is 51.8 Å². The molecule has 0 saturated heterocycles. The lowest BCUT2D eigenvalue weighted by Crippen LogP contribution is -2.09. The summed E-state index contributed by atoms with van der Waals surface area (Å²) in [6.07, 6.45) is 9.94. The molecular weight excluding hydrogens is 458 g/mol. The lowest BCUT2D eigenvalue weighted by Gasteiger charge is -2.13. The lowest BCUT2D eigenvalue weighted by atomic mass is 10.1. The minimum Gasteiger partial charge on any atom is -0.463 e. The van der Waals surface area contributed by atoms with Gasteiger partial charge in [-0.2, -0.15) is 0 Å². The van der Waals surface area contributed by atoms with Crippen molar-refractivity contribution in [2.75, 3.05) is 6.61 Å². The van der Waals surface area contributed by atoms with Crippen LogP contribution in [0.3, 0.4) is 0 Å². The highest BCUT2D eigenvalue weighted by Crippen LogP contribution is 2.29. The van der Waals surface area contributed by atoms with Crippen LogP contribution in [0.5, 0.6) is 0 Å². The molecule has 0 rings (SSSR count). The lowest BCUT2D eigenvalue weighted by molar-refractivity contribution is -0.137. The first-order valence-corrected chi connectivity index (χ1v) is 9.28. The summed E-state index contributed by atoms with van der Waals surface area (Å²) in [5.74, 6) is -0.308. The number of hydrogen-bond donors (Lipinski definition) is 0. The molecule has 0 amide bonds. The van der Waals surface area contributed by atoms with Crippen molar-refractivity contribution in [3.8, 4) is 0 Å². The first kappa shape index (κ1) is 17.9. The van der Waals surface area contributed by atoms with Gasteiger partial charge in [0.15, 0.2) is 0 Å². The van der Waals surface area contributed by atoms with Gasteiger partial charge in [0, 0.05) is 16.3 Å². The fourth-order valence-corrected chi connectivity index (χ4v) is 2.59. The van der Waals surface area contributed by atoms with Crippen LogP contribution in [0.1, 0.15) is 44.9 Å². The Morgan fingerprint density at radius 1 is 1.18 bits per heavy atom. The molecule has 2 nitrogen and oxygen atoms in total. The molecule has 0 heterocycles.